The molecule has 3 nitrogen and oxygen atoms in total. The molecule has 0 bridgehead atoms. The zero-order valence-electron chi connectivity index (χ0n) is 11.1. The summed E-state index contributed by atoms with van der Waals surface area (Å²) in [6, 6.07) is 13.1. The summed E-state index contributed by atoms with van der Waals surface area (Å²) in [4.78, 5) is 0.802. The number of hydrogen-bond donors (Lipinski definition) is 1. The van der Waals surface area contributed by atoms with Crippen LogP contribution < -0.4 is 10.5 Å². The Balaban J connectivity index is 2.18. The fraction of sp³-hybridized carbons (Fsp3) is 0.200. The number of benzene rings is 2. The second-order valence-electron chi connectivity index (χ2n) is 4.31. The predicted octanol–water partition coefficient (Wildman–Crippen LogP) is 2.89. The lowest BCUT2D eigenvalue weighted by molar-refractivity contribution is 0.414. The van der Waals surface area contributed by atoms with Crippen molar-refractivity contribution in [1.82, 2.24) is 0 Å². The highest BCUT2D eigenvalue weighted by Gasteiger charge is 2.09. The Labute approximate surface area is 115 Å². The second kappa shape index (κ2) is 5.89. The third kappa shape index (κ3) is 3.15. The van der Waals surface area contributed by atoms with Gasteiger partial charge in [0.05, 0.1) is 23.7 Å². The van der Waals surface area contributed by atoms with Crippen LogP contribution in [0.25, 0.3) is 0 Å². The molecule has 0 aliphatic heterocycles. The van der Waals surface area contributed by atoms with Gasteiger partial charge in [-0.3, -0.25) is 4.21 Å². The average Bonchev–Trinajstić information content (AvgIpc) is 2.42. The van der Waals surface area contributed by atoms with E-state index in [1.807, 2.05) is 49.4 Å². The molecule has 1 atom stereocenters. The van der Waals surface area contributed by atoms with E-state index in [0.29, 0.717) is 11.4 Å². The molecular weight excluding hydrogens is 258 g/mol. The van der Waals surface area contributed by atoms with E-state index in [0.717, 1.165) is 21.8 Å². The van der Waals surface area contributed by atoms with E-state index in [2.05, 4.69) is 0 Å². The summed E-state index contributed by atoms with van der Waals surface area (Å²) in [7, 11) is 0.543. The maximum Gasteiger partial charge on any atom is 0.118 e. The van der Waals surface area contributed by atoms with E-state index in [4.69, 9.17) is 10.5 Å². The fourth-order valence-corrected chi connectivity index (χ4v) is 3.17. The maximum atomic E-state index is 12.4. The molecule has 0 fully saturated rings. The largest absolute Gasteiger partial charge is 0.497 e. The lowest BCUT2D eigenvalue weighted by Crippen LogP contribution is -2.01. The molecule has 2 aromatic rings. The summed E-state index contributed by atoms with van der Waals surface area (Å²) in [6.45, 7) is 1.90. The zero-order chi connectivity index (χ0) is 13.8. The van der Waals surface area contributed by atoms with Gasteiger partial charge in [-0.25, -0.2) is 0 Å². The molecular formula is C15H17NO2S. The molecule has 0 radical (unpaired) electrons. The smallest absolute Gasteiger partial charge is 0.118 e. The highest BCUT2D eigenvalue weighted by atomic mass is 32.2. The van der Waals surface area contributed by atoms with Crippen LogP contribution in [0, 0.1) is 6.92 Å². The lowest BCUT2D eigenvalue weighted by Gasteiger charge is -2.08. The van der Waals surface area contributed by atoms with Gasteiger partial charge >= 0.3 is 0 Å². The third-order valence-corrected chi connectivity index (χ3v) is 4.56. The van der Waals surface area contributed by atoms with Crippen LogP contribution >= 0.6 is 0 Å². The fourth-order valence-electron chi connectivity index (χ4n) is 1.83. The van der Waals surface area contributed by atoms with Gasteiger partial charge in [-0.1, -0.05) is 18.2 Å². The molecule has 0 amide bonds. The van der Waals surface area contributed by atoms with Crippen LogP contribution in [-0.2, 0) is 16.6 Å². The van der Waals surface area contributed by atoms with Crippen molar-refractivity contribution in [2.45, 2.75) is 17.6 Å². The molecule has 2 N–H and O–H groups in total. The number of nitrogens with two attached hydrogens (primary N) is 1. The minimum absolute atomic E-state index is 0.480. The van der Waals surface area contributed by atoms with Crippen molar-refractivity contribution >= 4 is 16.5 Å². The van der Waals surface area contributed by atoms with Crippen molar-refractivity contribution in [3.8, 4) is 5.75 Å². The number of methoxy groups -OCH3 is 1. The Morgan fingerprint density at radius 2 is 1.84 bits per heavy atom. The molecule has 2 aromatic carbocycles. The Bertz CT molecular complexity index is 594. The van der Waals surface area contributed by atoms with E-state index in [-0.39, 0.29) is 0 Å². The molecule has 0 saturated carbocycles. The monoisotopic (exact) mass is 275 g/mol. The first-order valence-electron chi connectivity index (χ1n) is 5.98. The molecule has 0 aromatic heterocycles. The van der Waals surface area contributed by atoms with Gasteiger partial charge in [-0.15, -0.1) is 0 Å². The summed E-state index contributed by atoms with van der Waals surface area (Å²) in [5.41, 5.74) is 8.43. The Morgan fingerprint density at radius 1 is 1.16 bits per heavy atom. The first kappa shape index (κ1) is 13.6. The lowest BCUT2D eigenvalue weighted by atomic mass is 10.2. The van der Waals surface area contributed by atoms with Crippen LogP contribution in [0.4, 0.5) is 5.69 Å². The van der Waals surface area contributed by atoms with Crippen LogP contribution in [0.3, 0.4) is 0 Å². The topological polar surface area (TPSA) is 52.3 Å². The van der Waals surface area contributed by atoms with E-state index < -0.39 is 10.8 Å². The Morgan fingerprint density at radius 3 is 2.47 bits per heavy atom. The van der Waals surface area contributed by atoms with E-state index in [9.17, 15) is 4.21 Å². The third-order valence-electron chi connectivity index (χ3n) is 3.03. The summed E-state index contributed by atoms with van der Waals surface area (Å²) >= 11 is 0. The van der Waals surface area contributed by atoms with Crippen LogP contribution in [0.2, 0.25) is 0 Å². The van der Waals surface area contributed by atoms with Gasteiger partial charge < -0.3 is 10.5 Å². The van der Waals surface area contributed by atoms with Crippen molar-refractivity contribution in [3.63, 3.8) is 0 Å². The number of nitrogen functional groups attached to an aromatic ring is 1. The van der Waals surface area contributed by atoms with Gasteiger partial charge in [0.15, 0.2) is 0 Å². The first-order valence-corrected chi connectivity index (χ1v) is 7.30. The van der Waals surface area contributed by atoms with E-state index in [1.54, 1.807) is 7.11 Å². The second-order valence-corrected chi connectivity index (χ2v) is 5.73. The van der Waals surface area contributed by atoms with Gasteiger partial charge in [0.1, 0.15) is 5.75 Å². The molecule has 0 aliphatic carbocycles. The normalized spacial score (nSPS) is 12.1. The molecule has 0 heterocycles. The zero-order valence-corrected chi connectivity index (χ0v) is 11.9. The SMILES string of the molecule is COc1ccc(CS(=O)c2cccc(N)c2C)cc1. The first-order chi connectivity index (χ1) is 9.11. The summed E-state index contributed by atoms with van der Waals surface area (Å²) in [5, 5.41) is 0. The van der Waals surface area contributed by atoms with Gasteiger partial charge in [0.25, 0.3) is 0 Å². The summed E-state index contributed by atoms with van der Waals surface area (Å²) < 4.78 is 17.5. The Hall–Kier alpha value is -1.81. The molecule has 19 heavy (non-hydrogen) atoms. The maximum absolute atomic E-state index is 12.4. The van der Waals surface area contributed by atoms with Crippen LogP contribution in [-0.4, -0.2) is 11.3 Å². The van der Waals surface area contributed by atoms with Crippen LogP contribution in [0.5, 0.6) is 5.75 Å². The summed E-state index contributed by atoms with van der Waals surface area (Å²) in [6.07, 6.45) is 0. The van der Waals surface area contributed by atoms with Crippen molar-refractivity contribution in [3.05, 3.63) is 53.6 Å². The highest BCUT2D eigenvalue weighted by molar-refractivity contribution is 7.84. The summed E-state index contributed by atoms with van der Waals surface area (Å²) in [5.74, 6) is 1.28. The number of hydrogen-bond acceptors (Lipinski definition) is 3. The van der Waals surface area contributed by atoms with Gasteiger partial charge in [-0.2, -0.15) is 0 Å². The standard InChI is InChI=1S/C15H17NO2S/c1-11-14(16)4-3-5-15(11)19(17)10-12-6-8-13(18-2)9-7-12/h3-9H,10,16H2,1-2H3. The van der Waals surface area contributed by atoms with Gasteiger partial charge in [0, 0.05) is 10.6 Å². The van der Waals surface area contributed by atoms with Crippen molar-refractivity contribution in [2.75, 3.05) is 12.8 Å². The van der Waals surface area contributed by atoms with Crippen LogP contribution in [0.15, 0.2) is 47.4 Å². The van der Waals surface area contributed by atoms with Crippen molar-refractivity contribution in [2.24, 2.45) is 0 Å². The van der Waals surface area contributed by atoms with Gasteiger partial charge in [-0.05, 0) is 42.3 Å². The Kier molecular flexibility index (Phi) is 4.22. The molecule has 100 valence electrons. The number of anilines is 1. The number of rotatable bonds is 4. The molecule has 0 saturated heterocycles. The van der Waals surface area contributed by atoms with Crippen molar-refractivity contribution < 1.29 is 8.95 Å². The number of ether oxygens (including phenoxy) is 1. The van der Waals surface area contributed by atoms with E-state index in [1.165, 1.54) is 0 Å². The molecule has 0 aliphatic rings. The molecule has 1 unspecified atom stereocenters. The van der Waals surface area contributed by atoms with Crippen molar-refractivity contribution in [1.29, 1.82) is 0 Å². The minimum Gasteiger partial charge on any atom is -0.497 e. The molecule has 0 spiro atoms. The quantitative estimate of drug-likeness (QED) is 0.873. The van der Waals surface area contributed by atoms with Crippen LogP contribution in [0.1, 0.15) is 11.1 Å². The highest BCUT2D eigenvalue weighted by Crippen LogP contribution is 2.22. The van der Waals surface area contributed by atoms with E-state index >= 15 is 0 Å². The molecule has 2 rings (SSSR count). The average molecular weight is 275 g/mol. The predicted molar refractivity (Wildman–Crippen MR) is 78.7 cm³/mol. The minimum atomic E-state index is -1.09. The van der Waals surface area contributed by atoms with Gasteiger partial charge in [0.2, 0.25) is 0 Å². The molecule has 4 heteroatoms.